The van der Waals surface area contributed by atoms with E-state index in [0.29, 0.717) is 29.9 Å². The first kappa shape index (κ1) is 25.0. The molecule has 3 rings (SSSR count). The molecule has 33 heavy (non-hydrogen) atoms. The van der Waals surface area contributed by atoms with Crippen molar-refractivity contribution in [1.82, 2.24) is 4.31 Å². The van der Waals surface area contributed by atoms with E-state index in [1.54, 1.807) is 6.07 Å². The second-order valence-electron chi connectivity index (χ2n) is 7.61. The predicted octanol–water partition coefficient (Wildman–Crippen LogP) is 3.08. The van der Waals surface area contributed by atoms with Gasteiger partial charge in [0.15, 0.2) is 0 Å². The van der Waals surface area contributed by atoms with Crippen LogP contribution in [0.5, 0.6) is 0 Å². The first-order chi connectivity index (χ1) is 15.5. The van der Waals surface area contributed by atoms with Crippen LogP contribution in [0.1, 0.15) is 16.7 Å². The highest BCUT2D eigenvalue weighted by Gasteiger charge is 2.32. The molecule has 0 aromatic heterocycles. The molecule has 180 valence electrons. The van der Waals surface area contributed by atoms with E-state index in [4.69, 9.17) is 4.74 Å². The average Bonchev–Trinajstić information content (AvgIpc) is 2.78. The molecule has 2 aromatic carbocycles. The molecule has 0 aliphatic carbocycles. The zero-order chi connectivity index (χ0) is 24.2. The van der Waals surface area contributed by atoms with Gasteiger partial charge < -0.3 is 14.4 Å². The van der Waals surface area contributed by atoms with Crippen molar-refractivity contribution in [3.8, 4) is 0 Å². The van der Waals surface area contributed by atoms with Crippen molar-refractivity contribution in [3.63, 3.8) is 0 Å². The zero-order valence-electron chi connectivity index (χ0n) is 18.3. The molecular weight excluding hydrogens is 461 g/mol. The van der Waals surface area contributed by atoms with Gasteiger partial charge in [-0.25, -0.2) is 8.42 Å². The van der Waals surface area contributed by atoms with Crippen LogP contribution in [0, 0.1) is 0 Å². The number of benzene rings is 2. The van der Waals surface area contributed by atoms with Crippen LogP contribution in [0.2, 0.25) is 0 Å². The Labute approximate surface area is 190 Å². The number of nitrogens with zero attached hydrogens (tertiary/aromatic N) is 2. The van der Waals surface area contributed by atoms with Crippen LogP contribution in [-0.2, 0) is 43.5 Å². The summed E-state index contributed by atoms with van der Waals surface area (Å²) < 4.78 is 76.0. The van der Waals surface area contributed by atoms with Gasteiger partial charge >= 0.3 is 12.1 Å². The lowest BCUT2D eigenvalue weighted by Crippen LogP contribution is -2.48. The third kappa shape index (κ3) is 6.04. The number of hydrogen-bond acceptors (Lipinski definition) is 6. The molecule has 1 heterocycles. The monoisotopic (exact) mass is 486 g/mol. The van der Waals surface area contributed by atoms with Crippen molar-refractivity contribution in [2.24, 2.45) is 0 Å². The maximum atomic E-state index is 13.3. The molecule has 0 spiro atoms. The van der Waals surface area contributed by atoms with Crippen LogP contribution in [0.25, 0.3) is 0 Å². The number of carbonyl (C=O) groups is 1. The normalized spacial score (nSPS) is 15.5. The Balaban J connectivity index is 1.76. The number of methoxy groups -OCH3 is 2. The molecule has 1 aliphatic rings. The van der Waals surface area contributed by atoms with Crippen molar-refractivity contribution in [3.05, 3.63) is 59.2 Å². The zero-order valence-corrected chi connectivity index (χ0v) is 19.1. The van der Waals surface area contributed by atoms with E-state index < -0.39 is 27.7 Å². The first-order valence-corrected chi connectivity index (χ1v) is 11.6. The third-order valence-corrected chi connectivity index (χ3v) is 7.23. The number of anilines is 1. The molecular formula is C22H25F3N2O5S. The van der Waals surface area contributed by atoms with Gasteiger partial charge in [-0.3, -0.25) is 4.79 Å². The summed E-state index contributed by atoms with van der Waals surface area (Å²) in [6.45, 7) is 1.18. The fourth-order valence-electron chi connectivity index (χ4n) is 3.67. The van der Waals surface area contributed by atoms with E-state index in [1.807, 2.05) is 4.90 Å². The maximum absolute atomic E-state index is 13.3. The second kappa shape index (κ2) is 10.1. The summed E-state index contributed by atoms with van der Waals surface area (Å²) in [5, 5.41) is 0. The van der Waals surface area contributed by atoms with E-state index in [1.165, 1.54) is 42.8 Å². The lowest BCUT2D eigenvalue weighted by molar-refractivity contribution is -0.140. The Hall–Kier alpha value is -2.63. The van der Waals surface area contributed by atoms with Crippen molar-refractivity contribution in [2.45, 2.75) is 24.1 Å². The number of esters is 1. The lowest BCUT2D eigenvalue weighted by atomic mass is 10.1. The van der Waals surface area contributed by atoms with Crippen LogP contribution >= 0.6 is 0 Å². The number of rotatable bonds is 7. The summed E-state index contributed by atoms with van der Waals surface area (Å²) in [6.07, 6.45) is -4.48. The summed E-state index contributed by atoms with van der Waals surface area (Å²) in [5.74, 6) is -0.488. The molecule has 7 nitrogen and oxygen atoms in total. The Morgan fingerprint density at radius 3 is 2.12 bits per heavy atom. The van der Waals surface area contributed by atoms with E-state index in [0.717, 1.165) is 12.1 Å². The largest absolute Gasteiger partial charge is 0.469 e. The minimum Gasteiger partial charge on any atom is -0.469 e. The molecule has 0 N–H and O–H groups in total. The molecule has 1 aliphatic heterocycles. The number of piperazine rings is 1. The van der Waals surface area contributed by atoms with Crippen LogP contribution in [0.4, 0.5) is 18.9 Å². The topological polar surface area (TPSA) is 76.1 Å². The van der Waals surface area contributed by atoms with Crippen molar-refractivity contribution in [2.75, 3.05) is 45.3 Å². The SMILES string of the molecule is COCc1cc(CC(=O)OC)cc(S(=O)(=O)N2CCN(c3ccc(C(F)(F)F)cc3)CC2)c1. The third-order valence-electron chi connectivity index (χ3n) is 5.35. The molecule has 0 radical (unpaired) electrons. The number of hydrogen-bond donors (Lipinski definition) is 0. The number of sulfonamides is 1. The molecule has 11 heteroatoms. The fourth-order valence-corrected chi connectivity index (χ4v) is 5.21. The van der Waals surface area contributed by atoms with Crippen LogP contribution in [-0.4, -0.2) is 59.1 Å². The van der Waals surface area contributed by atoms with Gasteiger partial charge in [0.25, 0.3) is 0 Å². The molecule has 0 unspecified atom stereocenters. The number of carbonyl (C=O) groups excluding carboxylic acids is 1. The van der Waals surface area contributed by atoms with Crippen LogP contribution in [0.15, 0.2) is 47.4 Å². The Morgan fingerprint density at radius 2 is 1.58 bits per heavy atom. The van der Waals surface area contributed by atoms with Gasteiger partial charge in [-0.15, -0.1) is 0 Å². The minimum atomic E-state index is -4.41. The van der Waals surface area contributed by atoms with E-state index in [9.17, 15) is 26.4 Å². The Kier molecular flexibility index (Phi) is 7.65. The quantitative estimate of drug-likeness (QED) is 0.560. The summed E-state index contributed by atoms with van der Waals surface area (Å²) in [6, 6.07) is 9.48. The van der Waals surface area contributed by atoms with E-state index >= 15 is 0 Å². The number of halogens is 3. The first-order valence-electron chi connectivity index (χ1n) is 10.2. The van der Waals surface area contributed by atoms with Crippen molar-refractivity contribution >= 4 is 21.7 Å². The fraction of sp³-hybridized carbons (Fsp3) is 0.409. The summed E-state index contributed by atoms with van der Waals surface area (Å²) in [4.78, 5) is 13.6. The average molecular weight is 487 g/mol. The number of alkyl halides is 3. The van der Waals surface area contributed by atoms with Gasteiger partial charge in [-0.05, 0) is 47.5 Å². The number of ether oxygens (including phenoxy) is 2. The van der Waals surface area contributed by atoms with Gasteiger partial charge in [0.05, 0.1) is 30.6 Å². The Bertz CT molecular complexity index is 1080. The molecule has 2 aromatic rings. The van der Waals surface area contributed by atoms with Gasteiger partial charge in [-0.1, -0.05) is 6.07 Å². The molecule has 0 atom stereocenters. The smallest absolute Gasteiger partial charge is 0.416 e. The predicted molar refractivity (Wildman–Crippen MR) is 115 cm³/mol. The molecule has 0 bridgehead atoms. The minimum absolute atomic E-state index is 0.0546. The second-order valence-corrected chi connectivity index (χ2v) is 9.54. The molecule has 1 fully saturated rings. The summed E-state index contributed by atoms with van der Waals surface area (Å²) in [7, 11) is -1.10. The summed E-state index contributed by atoms with van der Waals surface area (Å²) >= 11 is 0. The summed E-state index contributed by atoms with van der Waals surface area (Å²) in [5.41, 5.74) is 0.980. The van der Waals surface area contributed by atoms with Gasteiger partial charge in [0, 0.05) is 39.0 Å². The van der Waals surface area contributed by atoms with Gasteiger partial charge in [0.1, 0.15) is 0 Å². The van der Waals surface area contributed by atoms with Crippen molar-refractivity contribution < 1.29 is 35.9 Å². The molecule has 1 saturated heterocycles. The van der Waals surface area contributed by atoms with E-state index in [2.05, 4.69) is 4.74 Å². The van der Waals surface area contributed by atoms with Gasteiger partial charge in [0.2, 0.25) is 10.0 Å². The molecule has 0 amide bonds. The lowest BCUT2D eigenvalue weighted by Gasteiger charge is -2.35. The highest BCUT2D eigenvalue weighted by atomic mass is 32.2. The highest BCUT2D eigenvalue weighted by Crippen LogP contribution is 2.31. The van der Waals surface area contributed by atoms with E-state index in [-0.39, 0.29) is 31.0 Å². The molecule has 0 saturated carbocycles. The standard InChI is InChI=1S/C22H25F3N2O5S/c1-31-15-17-11-16(14-21(28)32-2)12-20(13-17)33(29,30)27-9-7-26(8-10-27)19-5-3-18(4-6-19)22(23,24)25/h3-6,11-13H,7-10,14-15H2,1-2H3. The highest BCUT2D eigenvalue weighted by molar-refractivity contribution is 7.89. The van der Waals surface area contributed by atoms with Crippen LogP contribution < -0.4 is 4.90 Å². The van der Waals surface area contributed by atoms with Crippen molar-refractivity contribution in [1.29, 1.82) is 0 Å². The van der Waals surface area contributed by atoms with Gasteiger partial charge in [-0.2, -0.15) is 17.5 Å². The maximum Gasteiger partial charge on any atom is 0.416 e. The van der Waals surface area contributed by atoms with Crippen LogP contribution in [0.3, 0.4) is 0 Å². The Morgan fingerprint density at radius 1 is 0.970 bits per heavy atom.